The molecule has 0 amide bonds. The Balaban J connectivity index is 2.50. The second-order valence-corrected chi connectivity index (χ2v) is 7.57. The van der Waals surface area contributed by atoms with E-state index in [9.17, 15) is 8.42 Å². The summed E-state index contributed by atoms with van der Waals surface area (Å²) >= 11 is 3.32. The van der Waals surface area contributed by atoms with Gasteiger partial charge in [0.05, 0.1) is 24.4 Å². The van der Waals surface area contributed by atoms with Crippen LogP contribution in [-0.2, 0) is 10.0 Å². The molecule has 7 heteroatoms. The summed E-state index contributed by atoms with van der Waals surface area (Å²) in [7, 11) is -0.923. The van der Waals surface area contributed by atoms with Gasteiger partial charge in [0.25, 0.3) is 10.0 Å². The fourth-order valence-electron chi connectivity index (χ4n) is 2.17. The molecule has 5 nitrogen and oxygen atoms in total. The molecule has 2 aromatic rings. The Morgan fingerprint density at radius 1 is 1.00 bits per heavy atom. The highest BCUT2D eigenvalue weighted by atomic mass is 79.9. The molecular formula is C16H18BrNO4S. The van der Waals surface area contributed by atoms with Crippen LogP contribution in [0.1, 0.15) is 11.1 Å². The minimum Gasteiger partial charge on any atom is -0.496 e. The third-order valence-corrected chi connectivity index (χ3v) is 5.36. The number of halogens is 1. The summed E-state index contributed by atoms with van der Waals surface area (Å²) in [5, 5.41) is 0. The van der Waals surface area contributed by atoms with Crippen LogP contribution in [0.15, 0.2) is 39.7 Å². The van der Waals surface area contributed by atoms with Crippen molar-refractivity contribution in [1.82, 2.24) is 0 Å². The first-order valence-electron chi connectivity index (χ1n) is 6.80. The Labute approximate surface area is 144 Å². The van der Waals surface area contributed by atoms with E-state index in [2.05, 4.69) is 20.7 Å². The van der Waals surface area contributed by atoms with Gasteiger partial charge >= 0.3 is 0 Å². The van der Waals surface area contributed by atoms with Crippen LogP contribution in [0.25, 0.3) is 0 Å². The van der Waals surface area contributed by atoms with Crippen molar-refractivity contribution in [3.8, 4) is 11.5 Å². The minimum absolute atomic E-state index is 0.0139. The number of hydrogen-bond acceptors (Lipinski definition) is 4. The molecule has 1 N–H and O–H groups in total. The zero-order chi connectivity index (χ0) is 17.2. The van der Waals surface area contributed by atoms with Gasteiger partial charge in [-0.1, -0.05) is 17.7 Å². The van der Waals surface area contributed by atoms with E-state index >= 15 is 0 Å². The second kappa shape index (κ2) is 6.80. The molecule has 2 rings (SSSR count). The van der Waals surface area contributed by atoms with Crippen LogP contribution in [-0.4, -0.2) is 22.6 Å². The summed E-state index contributed by atoms with van der Waals surface area (Å²) in [4.78, 5) is 0.0139. The van der Waals surface area contributed by atoms with Crippen LogP contribution in [0.4, 0.5) is 5.69 Å². The Morgan fingerprint density at radius 3 is 2.22 bits per heavy atom. The van der Waals surface area contributed by atoms with Crippen LogP contribution < -0.4 is 14.2 Å². The molecule has 0 saturated heterocycles. The molecule has 0 aliphatic rings. The molecule has 0 radical (unpaired) electrons. The van der Waals surface area contributed by atoms with Gasteiger partial charge in [0, 0.05) is 6.07 Å². The number of methoxy groups -OCH3 is 2. The quantitative estimate of drug-likeness (QED) is 0.827. The molecule has 0 bridgehead atoms. The SMILES string of the molecule is COc1cc(S(=O)(=O)Nc2ccc(C)cc2C)c(OC)cc1Br. The van der Waals surface area contributed by atoms with Gasteiger partial charge in [-0.15, -0.1) is 0 Å². The van der Waals surface area contributed by atoms with Crippen molar-refractivity contribution in [1.29, 1.82) is 0 Å². The highest BCUT2D eigenvalue weighted by Gasteiger charge is 2.23. The van der Waals surface area contributed by atoms with Crippen molar-refractivity contribution in [2.75, 3.05) is 18.9 Å². The lowest BCUT2D eigenvalue weighted by molar-refractivity contribution is 0.390. The first kappa shape index (κ1) is 17.6. The average molecular weight is 400 g/mol. The van der Waals surface area contributed by atoms with Crippen molar-refractivity contribution >= 4 is 31.6 Å². The van der Waals surface area contributed by atoms with Gasteiger partial charge in [-0.2, -0.15) is 0 Å². The molecule has 0 aliphatic carbocycles. The second-order valence-electron chi connectivity index (χ2n) is 5.06. The molecule has 23 heavy (non-hydrogen) atoms. The van der Waals surface area contributed by atoms with Gasteiger partial charge in [0.2, 0.25) is 0 Å². The van der Waals surface area contributed by atoms with E-state index in [1.807, 2.05) is 26.0 Å². The summed E-state index contributed by atoms with van der Waals surface area (Å²) in [6, 6.07) is 8.50. The predicted molar refractivity (Wildman–Crippen MR) is 94.0 cm³/mol. The Hall–Kier alpha value is -1.73. The van der Waals surface area contributed by atoms with Gasteiger partial charge < -0.3 is 9.47 Å². The van der Waals surface area contributed by atoms with Gasteiger partial charge in [-0.3, -0.25) is 4.72 Å². The molecule has 0 atom stereocenters. The summed E-state index contributed by atoms with van der Waals surface area (Å²) in [5.74, 6) is 0.641. The topological polar surface area (TPSA) is 64.6 Å². The summed E-state index contributed by atoms with van der Waals surface area (Å²) in [6.07, 6.45) is 0. The van der Waals surface area contributed by atoms with Crippen molar-refractivity contribution in [2.24, 2.45) is 0 Å². The Bertz CT molecular complexity index is 834. The van der Waals surface area contributed by atoms with E-state index in [4.69, 9.17) is 9.47 Å². The zero-order valence-corrected chi connectivity index (χ0v) is 15.7. The summed E-state index contributed by atoms with van der Waals surface area (Å²) < 4.78 is 39.1. The minimum atomic E-state index is -3.82. The smallest absolute Gasteiger partial charge is 0.265 e. The number of rotatable bonds is 5. The van der Waals surface area contributed by atoms with E-state index in [0.29, 0.717) is 15.9 Å². The van der Waals surface area contributed by atoms with E-state index in [0.717, 1.165) is 11.1 Å². The highest BCUT2D eigenvalue weighted by molar-refractivity contribution is 9.10. The molecule has 0 unspecified atom stereocenters. The largest absolute Gasteiger partial charge is 0.496 e. The van der Waals surface area contributed by atoms with Crippen molar-refractivity contribution in [3.63, 3.8) is 0 Å². The molecule has 0 heterocycles. The van der Waals surface area contributed by atoms with Crippen LogP contribution in [0.5, 0.6) is 11.5 Å². The van der Waals surface area contributed by atoms with Crippen LogP contribution in [0, 0.1) is 13.8 Å². The fourth-order valence-corrected chi connectivity index (χ4v) is 3.95. The van der Waals surface area contributed by atoms with E-state index in [-0.39, 0.29) is 10.6 Å². The predicted octanol–water partition coefficient (Wildman–Crippen LogP) is 3.88. The normalized spacial score (nSPS) is 11.2. The van der Waals surface area contributed by atoms with E-state index in [1.165, 1.54) is 20.3 Å². The Kier molecular flexibility index (Phi) is 5.21. The average Bonchev–Trinajstić information content (AvgIpc) is 2.49. The molecule has 0 saturated carbocycles. The lowest BCUT2D eigenvalue weighted by atomic mass is 10.1. The van der Waals surface area contributed by atoms with Gasteiger partial charge in [-0.05, 0) is 47.5 Å². The number of hydrogen-bond donors (Lipinski definition) is 1. The number of ether oxygens (including phenoxy) is 2. The van der Waals surface area contributed by atoms with Gasteiger partial charge in [-0.25, -0.2) is 8.42 Å². The molecule has 124 valence electrons. The fraction of sp³-hybridized carbons (Fsp3) is 0.250. The van der Waals surface area contributed by atoms with Gasteiger partial charge in [0.1, 0.15) is 16.4 Å². The van der Waals surface area contributed by atoms with Crippen molar-refractivity contribution in [2.45, 2.75) is 18.7 Å². The number of nitrogens with one attached hydrogen (secondary N) is 1. The maximum atomic E-state index is 12.7. The molecule has 2 aromatic carbocycles. The van der Waals surface area contributed by atoms with Crippen molar-refractivity contribution < 1.29 is 17.9 Å². The lowest BCUT2D eigenvalue weighted by Gasteiger charge is -2.15. The number of anilines is 1. The Morgan fingerprint density at radius 2 is 1.65 bits per heavy atom. The third kappa shape index (κ3) is 3.79. The number of aryl methyl sites for hydroxylation is 2. The van der Waals surface area contributed by atoms with Crippen LogP contribution in [0.2, 0.25) is 0 Å². The molecule has 0 aromatic heterocycles. The van der Waals surface area contributed by atoms with Crippen LogP contribution >= 0.6 is 15.9 Å². The van der Waals surface area contributed by atoms with E-state index in [1.54, 1.807) is 12.1 Å². The maximum Gasteiger partial charge on any atom is 0.265 e. The molecule has 0 aliphatic heterocycles. The van der Waals surface area contributed by atoms with Gasteiger partial charge in [0.15, 0.2) is 0 Å². The first-order chi connectivity index (χ1) is 10.8. The molecule has 0 fully saturated rings. The molecular weight excluding hydrogens is 382 g/mol. The highest BCUT2D eigenvalue weighted by Crippen LogP contribution is 2.36. The summed E-state index contributed by atoms with van der Waals surface area (Å²) in [5.41, 5.74) is 2.43. The summed E-state index contributed by atoms with van der Waals surface area (Å²) in [6.45, 7) is 3.80. The molecule has 0 spiro atoms. The monoisotopic (exact) mass is 399 g/mol. The standard InChI is InChI=1S/C16H18BrNO4S/c1-10-5-6-13(11(2)7-10)18-23(19,20)16-9-14(21-3)12(17)8-15(16)22-4/h5-9,18H,1-4H3. The third-order valence-electron chi connectivity index (χ3n) is 3.35. The first-order valence-corrected chi connectivity index (χ1v) is 9.07. The number of sulfonamides is 1. The zero-order valence-electron chi connectivity index (χ0n) is 13.3. The van der Waals surface area contributed by atoms with Crippen LogP contribution in [0.3, 0.4) is 0 Å². The lowest BCUT2D eigenvalue weighted by Crippen LogP contribution is -2.15. The maximum absolute atomic E-state index is 12.7. The van der Waals surface area contributed by atoms with E-state index < -0.39 is 10.0 Å². The number of benzene rings is 2. The van der Waals surface area contributed by atoms with Crippen molar-refractivity contribution in [3.05, 3.63) is 45.9 Å².